The molecule has 2 N–H and O–H groups in total. The average Bonchev–Trinajstić information content (AvgIpc) is 1.82. The first kappa shape index (κ1) is 10.9. The highest BCUT2D eigenvalue weighted by molar-refractivity contribution is 4.75. The van der Waals surface area contributed by atoms with E-state index in [4.69, 9.17) is 10.5 Å². The first-order valence-corrected chi connectivity index (χ1v) is 4.15. The van der Waals surface area contributed by atoms with Crippen LogP contribution >= 0.6 is 0 Å². The van der Waals surface area contributed by atoms with Crippen LogP contribution in [0.25, 0.3) is 0 Å². The summed E-state index contributed by atoms with van der Waals surface area (Å²) in [5.74, 6) is 0. The molecule has 0 saturated heterocycles. The van der Waals surface area contributed by atoms with E-state index in [1.54, 1.807) is 7.11 Å². The Balaban J connectivity index is 3.77. The average molecular weight is 159 g/mol. The van der Waals surface area contributed by atoms with Crippen molar-refractivity contribution in [3.05, 3.63) is 0 Å². The lowest BCUT2D eigenvalue weighted by atomic mass is 9.87. The fraction of sp³-hybridized carbons (Fsp3) is 1.00. The van der Waals surface area contributed by atoms with Crippen LogP contribution in [0.5, 0.6) is 0 Å². The van der Waals surface area contributed by atoms with Gasteiger partial charge in [-0.1, -0.05) is 20.8 Å². The summed E-state index contributed by atoms with van der Waals surface area (Å²) in [6.45, 7) is 8.58. The van der Waals surface area contributed by atoms with Gasteiger partial charge in [0.25, 0.3) is 0 Å². The van der Waals surface area contributed by atoms with Gasteiger partial charge >= 0.3 is 0 Å². The van der Waals surface area contributed by atoms with Gasteiger partial charge in [-0.05, 0) is 18.8 Å². The smallest absolute Gasteiger partial charge is 0.0694 e. The molecular formula is C9H21NO. The first-order chi connectivity index (χ1) is 4.87. The number of hydrogen-bond acceptors (Lipinski definition) is 2. The van der Waals surface area contributed by atoms with Crippen LogP contribution in [0.2, 0.25) is 0 Å². The van der Waals surface area contributed by atoms with Crippen LogP contribution in [0, 0.1) is 5.41 Å². The predicted octanol–water partition coefficient (Wildman–Crippen LogP) is 1.78. The molecule has 0 radical (unpaired) electrons. The molecule has 0 heterocycles. The summed E-state index contributed by atoms with van der Waals surface area (Å²) in [5.41, 5.74) is 6.19. The lowest BCUT2D eigenvalue weighted by molar-refractivity contribution is 0.0814. The maximum absolute atomic E-state index is 5.89. The molecule has 0 fully saturated rings. The molecule has 0 rings (SSSR count). The van der Waals surface area contributed by atoms with E-state index >= 15 is 0 Å². The highest BCUT2D eigenvalue weighted by Gasteiger charge is 2.19. The molecule has 2 nitrogen and oxygen atoms in total. The highest BCUT2D eigenvalue weighted by Crippen LogP contribution is 2.21. The summed E-state index contributed by atoms with van der Waals surface area (Å²) in [6.07, 6.45) is 1.16. The van der Waals surface area contributed by atoms with Crippen molar-refractivity contribution in [3.8, 4) is 0 Å². The maximum Gasteiger partial charge on any atom is 0.0694 e. The van der Waals surface area contributed by atoms with Crippen LogP contribution in [0.3, 0.4) is 0 Å². The molecule has 0 aliphatic rings. The molecule has 0 aliphatic carbocycles. The second-order valence-corrected chi connectivity index (χ2v) is 4.37. The molecule has 0 unspecified atom stereocenters. The van der Waals surface area contributed by atoms with E-state index in [0.717, 1.165) is 6.42 Å². The lowest BCUT2D eigenvalue weighted by Crippen LogP contribution is -2.37. The summed E-state index contributed by atoms with van der Waals surface area (Å²) in [4.78, 5) is 0. The Hall–Kier alpha value is -0.0800. The minimum Gasteiger partial charge on any atom is -0.380 e. The van der Waals surface area contributed by atoms with Crippen LogP contribution in [-0.4, -0.2) is 19.3 Å². The van der Waals surface area contributed by atoms with Gasteiger partial charge in [0.2, 0.25) is 0 Å². The van der Waals surface area contributed by atoms with Crippen LogP contribution in [0.4, 0.5) is 0 Å². The summed E-state index contributed by atoms with van der Waals surface area (Å²) in [7, 11) is 1.70. The topological polar surface area (TPSA) is 35.2 Å². The number of ether oxygens (including phenoxy) is 1. The second kappa shape index (κ2) is 4.07. The van der Waals surface area contributed by atoms with Crippen molar-refractivity contribution in [1.82, 2.24) is 0 Å². The molecule has 0 spiro atoms. The third kappa shape index (κ3) is 5.22. The molecule has 2 heteroatoms. The molecule has 11 heavy (non-hydrogen) atoms. The van der Waals surface area contributed by atoms with Gasteiger partial charge in [0.15, 0.2) is 0 Å². The molecule has 0 aromatic carbocycles. The quantitative estimate of drug-likeness (QED) is 0.681. The summed E-state index contributed by atoms with van der Waals surface area (Å²) < 4.78 is 5.13. The van der Waals surface area contributed by atoms with E-state index in [9.17, 15) is 0 Å². The first-order valence-electron chi connectivity index (χ1n) is 4.15. The Morgan fingerprint density at radius 2 is 1.82 bits per heavy atom. The third-order valence-electron chi connectivity index (χ3n) is 1.82. The zero-order valence-electron chi connectivity index (χ0n) is 8.35. The second-order valence-electron chi connectivity index (χ2n) is 4.37. The zero-order valence-corrected chi connectivity index (χ0v) is 8.35. The molecule has 0 bridgehead atoms. The van der Waals surface area contributed by atoms with E-state index in [-0.39, 0.29) is 12.1 Å². The van der Waals surface area contributed by atoms with Crippen molar-refractivity contribution in [1.29, 1.82) is 0 Å². The van der Waals surface area contributed by atoms with Gasteiger partial charge in [-0.3, -0.25) is 0 Å². The highest BCUT2D eigenvalue weighted by atomic mass is 16.5. The summed E-state index contributed by atoms with van der Waals surface area (Å²) in [6, 6.07) is 0.153. The number of methoxy groups -OCH3 is 1. The Morgan fingerprint density at radius 1 is 1.36 bits per heavy atom. The van der Waals surface area contributed by atoms with E-state index in [1.165, 1.54) is 0 Å². The molecule has 0 aliphatic heterocycles. The van der Waals surface area contributed by atoms with E-state index in [2.05, 4.69) is 20.8 Å². The minimum absolute atomic E-state index is 0.153. The van der Waals surface area contributed by atoms with Gasteiger partial charge in [-0.15, -0.1) is 0 Å². The molecule has 0 saturated carbocycles. The van der Waals surface area contributed by atoms with Crippen LogP contribution in [0.1, 0.15) is 34.1 Å². The minimum atomic E-state index is 0.153. The maximum atomic E-state index is 5.89. The molecular weight excluding hydrogens is 138 g/mol. The van der Waals surface area contributed by atoms with Gasteiger partial charge in [0.05, 0.1) is 6.10 Å². The van der Waals surface area contributed by atoms with Crippen molar-refractivity contribution >= 4 is 0 Å². The van der Waals surface area contributed by atoms with Crippen molar-refractivity contribution < 1.29 is 4.74 Å². The van der Waals surface area contributed by atoms with Gasteiger partial charge in [-0.2, -0.15) is 0 Å². The van der Waals surface area contributed by atoms with Gasteiger partial charge in [0, 0.05) is 13.2 Å². The van der Waals surface area contributed by atoms with Crippen molar-refractivity contribution in [2.24, 2.45) is 11.1 Å². The Labute approximate surface area is 70.1 Å². The molecule has 2 atom stereocenters. The largest absolute Gasteiger partial charge is 0.380 e. The van der Waals surface area contributed by atoms with Gasteiger partial charge in [0.1, 0.15) is 0 Å². The van der Waals surface area contributed by atoms with E-state index in [1.807, 2.05) is 6.92 Å². The Morgan fingerprint density at radius 3 is 2.09 bits per heavy atom. The predicted molar refractivity (Wildman–Crippen MR) is 48.5 cm³/mol. The Bertz CT molecular complexity index is 107. The third-order valence-corrected chi connectivity index (χ3v) is 1.82. The van der Waals surface area contributed by atoms with Crippen molar-refractivity contribution in [2.45, 2.75) is 46.3 Å². The van der Waals surface area contributed by atoms with Crippen molar-refractivity contribution in [3.63, 3.8) is 0 Å². The normalized spacial score (nSPS) is 18.0. The van der Waals surface area contributed by atoms with Gasteiger partial charge in [-0.25, -0.2) is 0 Å². The van der Waals surface area contributed by atoms with Crippen molar-refractivity contribution in [2.75, 3.05) is 7.11 Å². The van der Waals surface area contributed by atoms with E-state index < -0.39 is 0 Å². The number of nitrogens with two attached hydrogens (primary N) is 1. The summed E-state index contributed by atoms with van der Waals surface area (Å²) in [5, 5.41) is 0. The standard InChI is InChI=1S/C9H21NO/c1-7(11-5)8(10)6-9(2,3)4/h7-8H,6,10H2,1-5H3/t7-,8-/m1/s1. The van der Waals surface area contributed by atoms with Crippen LogP contribution in [-0.2, 0) is 4.74 Å². The van der Waals surface area contributed by atoms with E-state index in [0.29, 0.717) is 5.41 Å². The van der Waals surface area contributed by atoms with Crippen LogP contribution < -0.4 is 5.73 Å². The number of hydrogen-bond donors (Lipinski definition) is 1. The monoisotopic (exact) mass is 159 g/mol. The fourth-order valence-electron chi connectivity index (χ4n) is 1.05. The zero-order chi connectivity index (χ0) is 9.07. The molecule has 0 amide bonds. The van der Waals surface area contributed by atoms with Gasteiger partial charge < -0.3 is 10.5 Å². The van der Waals surface area contributed by atoms with Crippen LogP contribution in [0.15, 0.2) is 0 Å². The summed E-state index contributed by atoms with van der Waals surface area (Å²) >= 11 is 0. The molecule has 0 aromatic heterocycles. The SMILES string of the molecule is CO[C@H](C)[C@H](N)CC(C)(C)C. The fourth-order valence-corrected chi connectivity index (χ4v) is 1.05. The molecule has 68 valence electrons. The Kier molecular flexibility index (Phi) is 4.04. The molecule has 0 aromatic rings. The lowest BCUT2D eigenvalue weighted by Gasteiger charge is -2.26. The number of rotatable bonds is 3.